The van der Waals surface area contributed by atoms with Gasteiger partial charge in [-0.1, -0.05) is 0 Å². The summed E-state index contributed by atoms with van der Waals surface area (Å²) < 4.78 is 50.3. The van der Waals surface area contributed by atoms with Gasteiger partial charge in [0.2, 0.25) is 0 Å². The summed E-state index contributed by atoms with van der Waals surface area (Å²) in [6.45, 7) is 0. The van der Waals surface area contributed by atoms with Crippen molar-refractivity contribution in [1.82, 2.24) is 0 Å². The monoisotopic (exact) mass is 299 g/mol. The van der Waals surface area contributed by atoms with Crippen molar-refractivity contribution in [2.75, 3.05) is 12.8 Å². The molecule has 2 N–H and O–H groups in total. The van der Waals surface area contributed by atoms with Gasteiger partial charge in [-0.2, -0.15) is 0 Å². The van der Waals surface area contributed by atoms with Crippen molar-refractivity contribution in [1.29, 1.82) is 0 Å². The quantitative estimate of drug-likeness (QED) is 0.868. The molecule has 4 nitrogen and oxygen atoms in total. The number of anilines is 1. The topological polar surface area (TPSA) is 53.7 Å². The van der Waals surface area contributed by atoms with Crippen LogP contribution in [0.3, 0.4) is 0 Å². The van der Waals surface area contributed by atoms with Gasteiger partial charge in [0, 0.05) is 6.07 Å². The molecule has 0 saturated heterocycles. The first-order valence-electron chi connectivity index (χ1n) is 5.84. The first kappa shape index (κ1) is 14.8. The highest BCUT2D eigenvalue weighted by atomic mass is 19.4. The number of nitrogen functional groups attached to an aromatic ring is 1. The summed E-state index contributed by atoms with van der Waals surface area (Å²) in [5.74, 6) is 0.993. The van der Waals surface area contributed by atoms with Crippen LogP contribution in [0.15, 0.2) is 42.5 Å². The first-order valence-corrected chi connectivity index (χ1v) is 5.84. The van der Waals surface area contributed by atoms with Gasteiger partial charge < -0.3 is 19.9 Å². The summed E-state index contributed by atoms with van der Waals surface area (Å²) >= 11 is 0. The maximum absolute atomic E-state index is 12.0. The molecule has 112 valence electrons. The zero-order chi connectivity index (χ0) is 15.5. The van der Waals surface area contributed by atoms with Crippen LogP contribution < -0.4 is 19.9 Å². The number of hydrogen-bond donors (Lipinski definition) is 1. The molecule has 0 aliphatic carbocycles. The number of rotatable bonds is 4. The maximum atomic E-state index is 12.0. The third-order valence-corrected chi connectivity index (χ3v) is 2.49. The van der Waals surface area contributed by atoms with Crippen molar-refractivity contribution in [2.24, 2.45) is 0 Å². The normalized spacial score (nSPS) is 11.0. The average Bonchev–Trinajstić information content (AvgIpc) is 2.40. The van der Waals surface area contributed by atoms with E-state index < -0.39 is 6.36 Å². The van der Waals surface area contributed by atoms with E-state index in [1.165, 1.54) is 19.2 Å². The van der Waals surface area contributed by atoms with Gasteiger partial charge in [-0.15, -0.1) is 13.2 Å². The van der Waals surface area contributed by atoms with Crippen LogP contribution in [0.1, 0.15) is 0 Å². The zero-order valence-electron chi connectivity index (χ0n) is 11.0. The Bertz CT molecular complexity index is 612. The van der Waals surface area contributed by atoms with Crippen LogP contribution in [0, 0.1) is 0 Å². The van der Waals surface area contributed by atoms with Crippen molar-refractivity contribution in [3.63, 3.8) is 0 Å². The summed E-state index contributed by atoms with van der Waals surface area (Å²) in [5.41, 5.74) is 6.12. The molecule has 2 aromatic carbocycles. The Morgan fingerprint density at radius 1 is 0.905 bits per heavy atom. The highest BCUT2D eigenvalue weighted by Gasteiger charge is 2.30. The van der Waals surface area contributed by atoms with Gasteiger partial charge in [-0.05, 0) is 36.4 Å². The number of methoxy groups -OCH3 is 1. The third-order valence-electron chi connectivity index (χ3n) is 2.49. The van der Waals surface area contributed by atoms with Gasteiger partial charge in [-0.3, -0.25) is 0 Å². The van der Waals surface area contributed by atoms with Crippen LogP contribution >= 0.6 is 0 Å². The molecule has 0 spiro atoms. The molecule has 0 saturated carbocycles. The van der Waals surface area contributed by atoms with E-state index in [2.05, 4.69) is 4.74 Å². The standard InChI is InChI=1S/C14H12F3NO3/c1-19-13-7-6-11(8-12(13)18)20-9-2-4-10(5-3-9)21-14(15,16)17/h2-8H,18H2,1H3. The Morgan fingerprint density at radius 2 is 1.48 bits per heavy atom. The molecule has 0 atom stereocenters. The van der Waals surface area contributed by atoms with Crippen LogP contribution in [-0.2, 0) is 0 Å². The smallest absolute Gasteiger partial charge is 0.495 e. The average molecular weight is 299 g/mol. The molecule has 0 aliphatic rings. The lowest BCUT2D eigenvalue weighted by molar-refractivity contribution is -0.274. The van der Waals surface area contributed by atoms with E-state index in [1.54, 1.807) is 18.2 Å². The number of alkyl halides is 3. The van der Waals surface area contributed by atoms with E-state index in [-0.39, 0.29) is 5.75 Å². The summed E-state index contributed by atoms with van der Waals surface area (Å²) in [6.07, 6.45) is -4.72. The van der Waals surface area contributed by atoms with E-state index in [4.69, 9.17) is 15.2 Å². The van der Waals surface area contributed by atoms with E-state index in [1.807, 2.05) is 0 Å². The molecule has 0 aliphatic heterocycles. The van der Waals surface area contributed by atoms with Crippen LogP contribution in [0.25, 0.3) is 0 Å². The van der Waals surface area contributed by atoms with Crippen molar-refractivity contribution in [2.45, 2.75) is 6.36 Å². The van der Waals surface area contributed by atoms with E-state index >= 15 is 0 Å². The first-order chi connectivity index (χ1) is 9.87. The number of halogens is 3. The molecule has 2 rings (SSSR count). The van der Waals surface area contributed by atoms with E-state index in [0.717, 1.165) is 12.1 Å². The van der Waals surface area contributed by atoms with Crippen molar-refractivity contribution >= 4 is 5.69 Å². The Balaban J connectivity index is 2.08. The van der Waals surface area contributed by atoms with Crippen LogP contribution in [0.2, 0.25) is 0 Å². The molecule has 7 heteroatoms. The molecule has 0 amide bonds. The fourth-order valence-corrected chi connectivity index (χ4v) is 1.62. The molecule has 0 bridgehead atoms. The summed E-state index contributed by atoms with van der Waals surface area (Å²) in [5, 5.41) is 0. The van der Waals surface area contributed by atoms with Gasteiger partial charge in [-0.25, -0.2) is 0 Å². The number of benzene rings is 2. The van der Waals surface area contributed by atoms with Crippen molar-refractivity contribution < 1.29 is 27.4 Å². The molecular formula is C14H12F3NO3. The Labute approximate surface area is 118 Å². The lowest BCUT2D eigenvalue weighted by Gasteiger charge is -2.11. The highest BCUT2D eigenvalue weighted by Crippen LogP contribution is 2.30. The summed E-state index contributed by atoms with van der Waals surface area (Å²) in [4.78, 5) is 0. The molecule has 0 radical (unpaired) electrons. The Kier molecular flexibility index (Phi) is 4.11. The van der Waals surface area contributed by atoms with Crippen LogP contribution in [-0.4, -0.2) is 13.5 Å². The van der Waals surface area contributed by atoms with E-state index in [0.29, 0.717) is 22.9 Å². The lowest BCUT2D eigenvalue weighted by atomic mass is 10.2. The molecule has 0 aromatic heterocycles. The highest BCUT2D eigenvalue weighted by molar-refractivity contribution is 5.56. The Hall–Kier alpha value is -2.57. The number of ether oxygens (including phenoxy) is 3. The third kappa shape index (κ3) is 4.20. The minimum Gasteiger partial charge on any atom is -0.495 e. The summed E-state index contributed by atoms with van der Waals surface area (Å²) in [6, 6.07) is 9.87. The van der Waals surface area contributed by atoms with Gasteiger partial charge in [0.1, 0.15) is 23.0 Å². The number of hydrogen-bond acceptors (Lipinski definition) is 4. The minimum absolute atomic E-state index is 0.316. The van der Waals surface area contributed by atoms with Crippen molar-refractivity contribution in [3.05, 3.63) is 42.5 Å². The van der Waals surface area contributed by atoms with Crippen LogP contribution in [0.4, 0.5) is 18.9 Å². The SMILES string of the molecule is COc1ccc(Oc2ccc(OC(F)(F)F)cc2)cc1N. The molecule has 0 heterocycles. The molecule has 0 fully saturated rings. The van der Waals surface area contributed by atoms with Gasteiger partial charge >= 0.3 is 6.36 Å². The largest absolute Gasteiger partial charge is 0.573 e. The second kappa shape index (κ2) is 5.82. The van der Waals surface area contributed by atoms with Gasteiger partial charge in [0.05, 0.1) is 12.8 Å². The predicted molar refractivity (Wildman–Crippen MR) is 70.6 cm³/mol. The Morgan fingerprint density at radius 3 is 2.00 bits per heavy atom. The minimum atomic E-state index is -4.72. The molecule has 2 aromatic rings. The zero-order valence-corrected chi connectivity index (χ0v) is 11.0. The lowest BCUT2D eigenvalue weighted by Crippen LogP contribution is -2.16. The summed E-state index contributed by atoms with van der Waals surface area (Å²) in [7, 11) is 1.49. The van der Waals surface area contributed by atoms with E-state index in [9.17, 15) is 13.2 Å². The molecule has 21 heavy (non-hydrogen) atoms. The second-order valence-electron chi connectivity index (χ2n) is 4.03. The van der Waals surface area contributed by atoms with Gasteiger partial charge in [0.25, 0.3) is 0 Å². The fraction of sp³-hybridized carbons (Fsp3) is 0.143. The van der Waals surface area contributed by atoms with Crippen molar-refractivity contribution in [3.8, 4) is 23.0 Å². The fourth-order valence-electron chi connectivity index (χ4n) is 1.62. The molecular weight excluding hydrogens is 287 g/mol. The second-order valence-corrected chi connectivity index (χ2v) is 4.03. The number of nitrogens with two attached hydrogens (primary N) is 1. The molecule has 0 unspecified atom stereocenters. The van der Waals surface area contributed by atoms with Gasteiger partial charge in [0.15, 0.2) is 0 Å². The van der Waals surface area contributed by atoms with Crippen LogP contribution in [0.5, 0.6) is 23.0 Å². The maximum Gasteiger partial charge on any atom is 0.573 e. The predicted octanol–water partition coefficient (Wildman–Crippen LogP) is 3.97.